The van der Waals surface area contributed by atoms with E-state index in [4.69, 9.17) is 200 Å². The maximum Gasteiger partial charge on any atom is 0.326 e. The zero-order valence-corrected chi connectivity index (χ0v) is 84.7. The number of rotatable bonds is 60. The van der Waals surface area contributed by atoms with Crippen LogP contribution >= 0.6 is 58.8 Å². The SMILES string of the molecule is CSCC[C@H](N)C(=O)O.CSCC[C@H](N)C(=O)OC[C@H](N)C(=O)O.CSCC[C@H](N)C(=O)OC[C@H](N)C(=O)O.CSCC[C@H](N)C(=O)OC[C@H](N)C(=O)O.CSCC[C@H](N)C(=O)OC[C@H](N)C(=O)O[C@H](C)[C@H](N)C(=O)OC[C@H](N)C(=O)O.N[C@@H](CC(=O)O)C(=O)O.N[C@@H](CO)C(=O)O.N[C@@H](CO)C(=O)O.N[C@@H](COC(=O)[C@@H](N)CC(=O)O)C(=O)O.N[C@@H](COC(=O)[C@@H](N)CC(=O)O)C(=O)O.N[C@@H](Cc1ccccc1)C(=O)O. The molecule has 0 aliphatic rings. The van der Waals surface area contributed by atoms with Crippen LogP contribution in [0.2, 0.25) is 0 Å². The van der Waals surface area contributed by atoms with Crippen molar-refractivity contribution in [3.63, 3.8) is 0 Å². The van der Waals surface area contributed by atoms with Gasteiger partial charge < -0.3 is 229 Å². The van der Waals surface area contributed by atoms with E-state index >= 15 is 0 Å². The standard InChI is InChI=1S/C15H28N4O8S.C9H11NO2.3C8H16N2O4S.2C7H12N2O6.C5H11NO2S.C4H7NO4.2C3H7NO3/c1-7(11(19)15(24)26-5-9(17)12(20)21)27-14(23)10(18)6-25-13(22)8(16)3-4-28-2;10-8(9(11)12)6-7-4-2-1-3-5-7;3*1-15-3-2-5(9)8(13)14-4-6(10)7(11)12;2*8-3(1-5(10)11)7(14)15-2-4(9)6(12)13;1-9-3-2-4(6)5(7)8;5-2(4(8)9)1-3(6)7;2*4-2(1-5)3(6)7/h7-11H,3-6,16-19H2,1-2H3,(H,20,21);1-5,8H,6,10H2,(H,11,12);3*5-6H,2-4,9-10H2,1H3,(H,11,12);2*3-4H,1-2,8-9H2,(H,10,11)(H,12,13);4H,2-3,6H2,1H3,(H,7,8);2H,1,5H2,(H,6,7)(H,8,9);2*2,5H,1,4H2,(H,6,7)/t7-,8+,9+,10+,11+;8-;3*5-,6-;2*3-,4-;4-;3*2-/m10000000000/s1. The van der Waals surface area contributed by atoms with Crippen LogP contribution < -0.4 is 109 Å². The maximum atomic E-state index is 11.9. The quantitative estimate of drug-likeness (QED) is 0.0213. The minimum absolute atomic E-state index is 0.346. The molecule has 147 heavy (non-hydrogen) atoms. The van der Waals surface area contributed by atoms with Crippen molar-refractivity contribution >= 4 is 190 Å². The third kappa shape index (κ3) is 97.6. The van der Waals surface area contributed by atoms with Crippen molar-refractivity contribution in [3.8, 4) is 0 Å². The molecule has 0 amide bonds. The molecule has 0 aromatic heterocycles. The molecule has 0 aliphatic carbocycles. The van der Waals surface area contributed by atoms with Crippen LogP contribution in [0.15, 0.2) is 30.3 Å². The zero-order chi connectivity index (χ0) is 117. The summed E-state index contributed by atoms with van der Waals surface area (Å²) in [6.45, 7) is -2.85. The van der Waals surface area contributed by atoms with Crippen LogP contribution in [-0.2, 0) is 150 Å². The molecule has 0 bridgehead atoms. The number of carbonyl (C=O) groups is 22. The second kappa shape index (κ2) is 95.4. The Morgan fingerprint density at radius 2 is 0.429 bits per heavy atom. The van der Waals surface area contributed by atoms with E-state index in [0.29, 0.717) is 44.3 Å². The molecule has 70 heteroatoms. The summed E-state index contributed by atoms with van der Waals surface area (Å²) in [5, 5.41) is 132. The van der Waals surface area contributed by atoms with Crippen molar-refractivity contribution in [1.29, 1.82) is 0 Å². The highest BCUT2D eigenvalue weighted by molar-refractivity contribution is 7.99. The van der Waals surface area contributed by atoms with Crippen LogP contribution in [0.5, 0.6) is 0 Å². The molecule has 0 saturated carbocycles. The van der Waals surface area contributed by atoms with Gasteiger partial charge in [-0.1, -0.05) is 30.3 Å². The summed E-state index contributed by atoms with van der Waals surface area (Å²) in [4.78, 5) is 232. The Balaban J connectivity index is -0.000000179. The van der Waals surface area contributed by atoms with Crippen molar-refractivity contribution in [1.82, 2.24) is 0 Å². The minimum atomic E-state index is -1.40. The van der Waals surface area contributed by atoms with Crippen molar-refractivity contribution in [2.24, 2.45) is 109 Å². The Labute approximate surface area is 861 Å². The molecule has 1 rings (SSSR count). The fraction of sp³-hybridized carbons (Fsp3) is 0.636. The predicted molar refractivity (Wildman–Crippen MR) is 524 cm³/mol. The average Bonchev–Trinajstić information content (AvgIpc) is 0.917. The number of nitrogens with two attached hydrogens (primary N) is 19. The second-order valence-corrected chi connectivity index (χ2v) is 33.4. The molecule has 0 fully saturated rings. The molecule has 1 aromatic carbocycles. The highest BCUT2D eigenvalue weighted by Gasteiger charge is 2.32. The average molecular weight is 2230 g/mol. The van der Waals surface area contributed by atoms with E-state index in [9.17, 15) is 105 Å². The van der Waals surface area contributed by atoms with Crippen molar-refractivity contribution in [2.45, 2.75) is 186 Å². The molecular formula is C77H143N19O46S5. The molecule has 0 aliphatic heterocycles. The van der Waals surface area contributed by atoms with Crippen LogP contribution in [0.1, 0.15) is 63.9 Å². The van der Waals surface area contributed by atoms with E-state index in [1.165, 1.54) is 18.7 Å². The number of carbonyl (C=O) groups excluding carboxylic acids is 8. The highest BCUT2D eigenvalue weighted by Crippen LogP contribution is 2.09. The van der Waals surface area contributed by atoms with Crippen molar-refractivity contribution < 1.29 is 225 Å². The number of hydrogen-bond acceptors (Lipinski definition) is 56. The van der Waals surface area contributed by atoms with Gasteiger partial charge in [0.15, 0.2) is 0 Å². The minimum Gasteiger partial charge on any atom is -0.481 e. The zero-order valence-electron chi connectivity index (χ0n) is 80.6. The van der Waals surface area contributed by atoms with E-state index in [1.807, 2.05) is 61.6 Å². The van der Waals surface area contributed by atoms with Gasteiger partial charge in [-0.25, -0.2) is 0 Å². The van der Waals surface area contributed by atoms with Gasteiger partial charge >= 0.3 is 131 Å². The molecular weight excluding hydrogens is 2090 g/mol. The van der Waals surface area contributed by atoms with Crippen LogP contribution in [0, 0.1) is 0 Å². The Kier molecular flexibility index (Phi) is 101. The number of aliphatic hydroxyl groups excluding tert-OH is 2. The first kappa shape index (κ1) is 156. The largest absolute Gasteiger partial charge is 0.481 e. The lowest BCUT2D eigenvalue weighted by Crippen LogP contribution is -2.48. The monoisotopic (exact) mass is 2230 g/mol. The van der Waals surface area contributed by atoms with Gasteiger partial charge in [0.05, 0.1) is 32.5 Å². The van der Waals surface area contributed by atoms with Crippen molar-refractivity contribution in [2.75, 3.05) is 120 Å². The smallest absolute Gasteiger partial charge is 0.326 e. The van der Waals surface area contributed by atoms with Crippen molar-refractivity contribution in [3.05, 3.63) is 35.9 Å². The molecule has 54 N–H and O–H groups in total. The molecule has 0 spiro atoms. The van der Waals surface area contributed by atoms with E-state index in [0.717, 1.165) is 28.6 Å². The number of esters is 8. The fourth-order valence-corrected chi connectivity index (χ4v) is 9.17. The Hall–Kier alpha value is -11.5. The number of thioether (sulfide) groups is 5. The predicted octanol–water partition coefficient (Wildman–Crippen LogP) is -13.8. The van der Waals surface area contributed by atoms with Crippen LogP contribution in [0.3, 0.4) is 0 Å². The van der Waals surface area contributed by atoms with Crippen LogP contribution in [-0.4, -0.2) is 453 Å². The first-order valence-corrected chi connectivity index (χ1v) is 48.5. The number of hydrogen-bond donors (Lipinski definition) is 35. The van der Waals surface area contributed by atoms with Gasteiger partial charge in [0.1, 0.15) is 167 Å². The van der Waals surface area contributed by atoms with Crippen LogP contribution in [0.25, 0.3) is 0 Å². The summed E-state index contributed by atoms with van der Waals surface area (Å²) in [5.74, 6) is -19.6. The third-order valence-electron chi connectivity index (χ3n) is 15.6. The molecule has 1 aromatic rings. The second-order valence-electron chi connectivity index (χ2n) is 28.5. The van der Waals surface area contributed by atoms with E-state index in [2.05, 4.69) is 28.4 Å². The number of aliphatic hydroxyl groups is 2. The molecule has 852 valence electrons. The fourth-order valence-electron chi connectivity index (χ4n) is 6.72. The summed E-state index contributed by atoms with van der Waals surface area (Å²) >= 11 is 7.84. The first-order chi connectivity index (χ1) is 67.9. The summed E-state index contributed by atoms with van der Waals surface area (Å²) in [7, 11) is 0. The van der Waals surface area contributed by atoms with E-state index in [1.54, 1.807) is 47.0 Å². The number of aliphatic carboxylic acids is 14. The Bertz CT molecular complexity index is 3850. The molecule has 0 radical (unpaired) electrons. The molecule has 65 nitrogen and oxygen atoms in total. The summed E-state index contributed by atoms with van der Waals surface area (Å²) in [6, 6.07) is -11.6. The van der Waals surface area contributed by atoms with Gasteiger partial charge in [-0.15, -0.1) is 0 Å². The molecule has 0 heterocycles. The summed E-state index contributed by atoms with van der Waals surface area (Å²) in [5.41, 5.74) is 100. The Morgan fingerprint density at radius 3 is 0.612 bits per heavy atom. The lowest BCUT2D eigenvalue weighted by atomic mass is 10.1. The lowest BCUT2D eigenvalue weighted by molar-refractivity contribution is -0.161. The highest BCUT2D eigenvalue weighted by atomic mass is 32.2. The van der Waals surface area contributed by atoms with E-state index in [-0.39, 0.29) is 19.8 Å². The lowest BCUT2D eigenvalue weighted by Gasteiger charge is -2.21. The van der Waals surface area contributed by atoms with Crippen LogP contribution in [0.4, 0.5) is 0 Å². The van der Waals surface area contributed by atoms with Gasteiger partial charge in [-0.05, 0) is 111 Å². The molecule has 0 saturated heterocycles. The van der Waals surface area contributed by atoms with Gasteiger partial charge in [-0.3, -0.25) is 105 Å². The Morgan fingerprint density at radius 1 is 0.238 bits per heavy atom. The topological polar surface area (TPSA) is 1270 Å². The molecule has 0 unspecified atom stereocenters. The maximum absolute atomic E-state index is 11.9. The molecule has 20 atom stereocenters. The van der Waals surface area contributed by atoms with Gasteiger partial charge in [-0.2, -0.15) is 58.8 Å². The number of benzene rings is 1. The summed E-state index contributed by atoms with van der Waals surface area (Å²) in [6.07, 6.45) is 9.53. The number of carboxylic acid groups (broad SMARTS) is 14. The number of carboxylic acids is 14. The normalized spacial score (nSPS) is 14.2. The summed E-state index contributed by atoms with van der Waals surface area (Å²) < 4.78 is 37.2. The van der Waals surface area contributed by atoms with E-state index < -0.39 is 311 Å². The third-order valence-corrected chi connectivity index (χ3v) is 18.8. The van der Waals surface area contributed by atoms with Gasteiger partial charge in [0.2, 0.25) is 0 Å². The van der Waals surface area contributed by atoms with Gasteiger partial charge in [0, 0.05) is 0 Å². The number of ether oxygens (including phenoxy) is 8. The first-order valence-electron chi connectivity index (χ1n) is 41.5. The van der Waals surface area contributed by atoms with Gasteiger partial charge in [0.25, 0.3) is 0 Å².